The normalized spacial score (nSPS) is 17.4. The largest absolute Gasteiger partial charge is 0.494 e. The Morgan fingerprint density at radius 1 is 1.20 bits per heavy atom. The molecule has 2 aromatic carbocycles. The standard InChI is InChI=1S/C22H28N2O5S/c1-5-28-17-12-10-16(11-13-17)24(30(4,26)27)15-21(25)23-19-14-22(2,3)29-20-9-7-6-8-18(19)20/h6-13,19H,5,14-15H2,1-4H3,(H,23,25). The first-order valence-corrected chi connectivity index (χ1v) is 11.7. The minimum atomic E-state index is -3.66. The van der Waals surface area contributed by atoms with Crippen LogP contribution in [0, 0.1) is 0 Å². The summed E-state index contributed by atoms with van der Waals surface area (Å²) in [6, 6.07) is 13.9. The van der Waals surface area contributed by atoms with Crippen molar-refractivity contribution in [3.63, 3.8) is 0 Å². The maximum Gasteiger partial charge on any atom is 0.241 e. The fraction of sp³-hybridized carbons (Fsp3) is 0.409. The summed E-state index contributed by atoms with van der Waals surface area (Å²) in [4.78, 5) is 12.8. The fourth-order valence-corrected chi connectivity index (χ4v) is 4.43. The highest BCUT2D eigenvalue weighted by Gasteiger charge is 2.34. The van der Waals surface area contributed by atoms with Crippen LogP contribution in [-0.2, 0) is 14.8 Å². The number of rotatable bonds is 7. The molecule has 0 saturated carbocycles. The van der Waals surface area contributed by atoms with E-state index >= 15 is 0 Å². The summed E-state index contributed by atoms with van der Waals surface area (Å²) in [5, 5.41) is 2.98. The van der Waals surface area contributed by atoms with Crippen LogP contribution in [0.1, 0.15) is 38.8 Å². The second-order valence-electron chi connectivity index (χ2n) is 7.92. The van der Waals surface area contributed by atoms with E-state index in [0.29, 0.717) is 24.5 Å². The first-order valence-electron chi connectivity index (χ1n) is 9.87. The van der Waals surface area contributed by atoms with E-state index in [1.54, 1.807) is 24.3 Å². The van der Waals surface area contributed by atoms with Crippen LogP contribution in [0.3, 0.4) is 0 Å². The Balaban J connectivity index is 1.79. The van der Waals surface area contributed by atoms with E-state index in [1.807, 2.05) is 45.0 Å². The number of fused-ring (bicyclic) bond motifs is 1. The van der Waals surface area contributed by atoms with Crippen molar-refractivity contribution in [1.29, 1.82) is 0 Å². The summed E-state index contributed by atoms with van der Waals surface area (Å²) in [6.45, 7) is 6.00. The third-order valence-corrected chi connectivity index (χ3v) is 5.98. The molecular formula is C22H28N2O5S. The van der Waals surface area contributed by atoms with Crippen LogP contribution in [0.2, 0.25) is 0 Å². The number of anilines is 1. The predicted octanol–water partition coefficient (Wildman–Crippen LogP) is 3.27. The lowest BCUT2D eigenvalue weighted by Crippen LogP contribution is -2.45. The summed E-state index contributed by atoms with van der Waals surface area (Å²) < 4.78 is 37.2. The number of ether oxygens (including phenoxy) is 2. The number of hydrogen-bond acceptors (Lipinski definition) is 5. The van der Waals surface area contributed by atoms with Crippen molar-refractivity contribution in [2.45, 2.75) is 38.8 Å². The van der Waals surface area contributed by atoms with Crippen LogP contribution in [0.5, 0.6) is 11.5 Å². The van der Waals surface area contributed by atoms with Crippen molar-refractivity contribution in [2.24, 2.45) is 0 Å². The lowest BCUT2D eigenvalue weighted by atomic mass is 9.89. The molecule has 30 heavy (non-hydrogen) atoms. The van der Waals surface area contributed by atoms with Gasteiger partial charge in [-0.05, 0) is 51.1 Å². The quantitative estimate of drug-likeness (QED) is 0.726. The topological polar surface area (TPSA) is 84.9 Å². The SMILES string of the molecule is CCOc1ccc(N(CC(=O)NC2CC(C)(C)Oc3ccccc32)S(C)(=O)=O)cc1. The zero-order valence-corrected chi connectivity index (χ0v) is 18.5. The summed E-state index contributed by atoms with van der Waals surface area (Å²) in [5.41, 5.74) is 0.846. The van der Waals surface area contributed by atoms with Gasteiger partial charge in [0.05, 0.1) is 24.6 Å². The van der Waals surface area contributed by atoms with Gasteiger partial charge in [0, 0.05) is 12.0 Å². The van der Waals surface area contributed by atoms with E-state index in [9.17, 15) is 13.2 Å². The minimum absolute atomic E-state index is 0.265. The molecule has 0 aliphatic carbocycles. The van der Waals surface area contributed by atoms with Crippen LogP contribution >= 0.6 is 0 Å². The highest BCUT2D eigenvalue weighted by Crippen LogP contribution is 2.39. The average molecular weight is 433 g/mol. The molecule has 1 unspecified atom stereocenters. The Morgan fingerprint density at radius 3 is 2.50 bits per heavy atom. The van der Waals surface area contributed by atoms with Gasteiger partial charge in [-0.15, -0.1) is 0 Å². The number of carbonyl (C=O) groups excluding carboxylic acids is 1. The summed E-state index contributed by atoms with van der Waals surface area (Å²) in [6.07, 6.45) is 1.67. The molecule has 8 heteroatoms. The predicted molar refractivity (Wildman–Crippen MR) is 116 cm³/mol. The van der Waals surface area contributed by atoms with E-state index in [1.165, 1.54) is 0 Å². The molecule has 0 radical (unpaired) electrons. The van der Waals surface area contributed by atoms with Crippen molar-refractivity contribution >= 4 is 21.6 Å². The minimum Gasteiger partial charge on any atom is -0.494 e. The van der Waals surface area contributed by atoms with E-state index in [2.05, 4.69) is 5.32 Å². The van der Waals surface area contributed by atoms with Crippen LogP contribution in [0.15, 0.2) is 48.5 Å². The maximum absolute atomic E-state index is 12.8. The van der Waals surface area contributed by atoms with Crippen molar-refractivity contribution in [2.75, 3.05) is 23.7 Å². The zero-order chi connectivity index (χ0) is 21.9. The van der Waals surface area contributed by atoms with Crippen LogP contribution in [0.25, 0.3) is 0 Å². The highest BCUT2D eigenvalue weighted by molar-refractivity contribution is 7.92. The smallest absolute Gasteiger partial charge is 0.241 e. The van der Waals surface area contributed by atoms with Crippen LogP contribution in [-0.4, -0.2) is 39.3 Å². The van der Waals surface area contributed by atoms with Crippen molar-refractivity contribution in [1.82, 2.24) is 5.32 Å². The van der Waals surface area contributed by atoms with Gasteiger partial charge in [0.1, 0.15) is 23.6 Å². The van der Waals surface area contributed by atoms with Gasteiger partial charge in [-0.2, -0.15) is 0 Å². The zero-order valence-electron chi connectivity index (χ0n) is 17.7. The fourth-order valence-electron chi connectivity index (χ4n) is 3.58. The Labute approximate surface area is 178 Å². The van der Waals surface area contributed by atoms with Gasteiger partial charge in [-0.1, -0.05) is 18.2 Å². The number of carbonyl (C=O) groups is 1. The van der Waals surface area contributed by atoms with Gasteiger partial charge in [0.2, 0.25) is 15.9 Å². The lowest BCUT2D eigenvalue weighted by Gasteiger charge is -2.38. The Kier molecular flexibility index (Phi) is 6.26. The van der Waals surface area contributed by atoms with Crippen molar-refractivity contribution in [3.05, 3.63) is 54.1 Å². The Bertz CT molecular complexity index is 1000. The maximum atomic E-state index is 12.8. The van der Waals surface area contributed by atoms with E-state index in [-0.39, 0.29) is 18.5 Å². The van der Waals surface area contributed by atoms with Crippen LogP contribution < -0.4 is 19.1 Å². The van der Waals surface area contributed by atoms with E-state index < -0.39 is 15.6 Å². The molecule has 1 aliphatic rings. The second-order valence-corrected chi connectivity index (χ2v) is 9.83. The molecule has 0 bridgehead atoms. The van der Waals surface area contributed by atoms with Crippen molar-refractivity contribution in [3.8, 4) is 11.5 Å². The van der Waals surface area contributed by atoms with Gasteiger partial charge in [0.25, 0.3) is 0 Å². The molecule has 162 valence electrons. The summed E-state index contributed by atoms with van der Waals surface area (Å²) in [7, 11) is -3.66. The van der Waals surface area contributed by atoms with E-state index in [4.69, 9.17) is 9.47 Å². The second kappa shape index (κ2) is 8.55. The first-order chi connectivity index (χ1) is 14.1. The third kappa shape index (κ3) is 5.24. The summed E-state index contributed by atoms with van der Waals surface area (Å²) in [5.74, 6) is 0.984. The molecule has 1 aliphatic heterocycles. The summed E-state index contributed by atoms with van der Waals surface area (Å²) >= 11 is 0. The number of benzene rings is 2. The molecule has 0 spiro atoms. The molecule has 1 heterocycles. The number of nitrogens with one attached hydrogen (secondary N) is 1. The van der Waals surface area contributed by atoms with Crippen LogP contribution in [0.4, 0.5) is 5.69 Å². The molecule has 0 aromatic heterocycles. The van der Waals surface area contributed by atoms with Gasteiger partial charge in [0.15, 0.2) is 0 Å². The number of hydrogen-bond donors (Lipinski definition) is 1. The third-order valence-electron chi connectivity index (χ3n) is 4.83. The van der Waals surface area contributed by atoms with Gasteiger partial charge >= 0.3 is 0 Å². The highest BCUT2D eigenvalue weighted by atomic mass is 32.2. The molecule has 7 nitrogen and oxygen atoms in total. The Hall–Kier alpha value is -2.74. The number of para-hydroxylation sites is 1. The molecule has 3 rings (SSSR count). The molecule has 1 amide bonds. The molecular weight excluding hydrogens is 404 g/mol. The number of nitrogens with zero attached hydrogens (tertiary/aromatic N) is 1. The monoisotopic (exact) mass is 432 g/mol. The number of sulfonamides is 1. The van der Waals surface area contributed by atoms with Gasteiger partial charge in [-0.25, -0.2) is 8.42 Å². The molecule has 2 aromatic rings. The van der Waals surface area contributed by atoms with Gasteiger partial charge in [-0.3, -0.25) is 9.10 Å². The molecule has 1 atom stereocenters. The molecule has 0 fully saturated rings. The lowest BCUT2D eigenvalue weighted by molar-refractivity contribution is -0.120. The van der Waals surface area contributed by atoms with Crippen molar-refractivity contribution < 1.29 is 22.7 Å². The van der Waals surface area contributed by atoms with E-state index in [0.717, 1.165) is 21.9 Å². The molecule has 0 saturated heterocycles. The Morgan fingerprint density at radius 2 is 1.87 bits per heavy atom. The molecule has 1 N–H and O–H groups in total. The first kappa shape index (κ1) is 22.0. The number of amides is 1. The van der Waals surface area contributed by atoms with Gasteiger partial charge < -0.3 is 14.8 Å². The average Bonchev–Trinajstić information content (AvgIpc) is 2.65.